The van der Waals surface area contributed by atoms with Crippen LogP contribution in [0.15, 0.2) is 54.7 Å². The van der Waals surface area contributed by atoms with Gasteiger partial charge >= 0.3 is 5.97 Å². The molecule has 104 valence electrons. The number of fused-ring (bicyclic) bond motifs is 1. The van der Waals surface area contributed by atoms with Gasteiger partial charge in [0.25, 0.3) is 0 Å². The molecule has 1 aromatic heterocycles. The number of aromatic nitrogens is 1. The number of aromatic carboxylic acids is 1. The molecule has 2 aromatic carbocycles. The van der Waals surface area contributed by atoms with Gasteiger partial charge in [0.05, 0.1) is 16.7 Å². The Kier molecular flexibility index (Phi) is 3.46. The third kappa shape index (κ3) is 2.66. The number of carboxylic acid groups (broad SMARTS) is 1. The zero-order valence-electron chi connectivity index (χ0n) is 10.8. The van der Waals surface area contributed by atoms with Gasteiger partial charge in [-0.1, -0.05) is 35.9 Å². The first-order valence-corrected chi connectivity index (χ1v) is 6.57. The molecule has 3 rings (SSSR count). The third-order valence-corrected chi connectivity index (χ3v) is 3.30. The van der Waals surface area contributed by atoms with Crippen molar-refractivity contribution in [1.29, 1.82) is 0 Å². The summed E-state index contributed by atoms with van der Waals surface area (Å²) in [7, 11) is 0. The Bertz CT molecular complexity index is 833. The van der Waals surface area contributed by atoms with E-state index in [0.717, 1.165) is 10.9 Å². The van der Waals surface area contributed by atoms with Gasteiger partial charge in [-0.2, -0.15) is 0 Å². The molecule has 5 heteroatoms. The summed E-state index contributed by atoms with van der Waals surface area (Å²) in [6.45, 7) is 0. The van der Waals surface area contributed by atoms with Crippen LogP contribution in [0.1, 0.15) is 10.4 Å². The van der Waals surface area contributed by atoms with Crippen molar-refractivity contribution in [2.45, 2.75) is 0 Å². The van der Waals surface area contributed by atoms with Gasteiger partial charge in [-0.25, -0.2) is 4.79 Å². The van der Waals surface area contributed by atoms with E-state index in [9.17, 15) is 9.90 Å². The molecule has 0 spiro atoms. The average Bonchev–Trinajstić information content (AvgIpc) is 2.47. The van der Waals surface area contributed by atoms with Crippen LogP contribution in [-0.4, -0.2) is 16.1 Å². The number of hydrogen-bond donors (Lipinski definition) is 1. The average molecular weight is 300 g/mol. The van der Waals surface area contributed by atoms with Crippen molar-refractivity contribution in [2.75, 3.05) is 0 Å². The van der Waals surface area contributed by atoms with Crippen LogP contribution < -0.4 is 4.74 Å². The minimum Gasteiger partial charge on any atom is -0.478 e. The minimum absolute atomic E-state index is 0.0627. The predicted molar refractivity (Wildman–Crippen MR) is 80.2 cm³/mol. The lowest BCUT2D eigenvalue weighted by Crippen LogP contribution is -2.01. The van der Waals surface area contributed by atoms with E-state index in [1.54, 1.807) is 24.4 Å². The van der Waals surface area contributed by atoms with Crippen LogP contribution in [0.5, 0.6) is 11.5 Å². The molecule has 1 N–H and O–H groups in total. The van der Waals surface area contributed by atoms with E-state index in [2.05, 4.69) is 4.98 Å². The normalized spacial score (nSPS) is 10.5. The number of rotatable bonds is 3. The molecule has 3 aromatic rings. The van der Waals surface area contributed by atoms with Gasteiger partial charge < -0.3 is 9.84 Å². The predicted octanol–water partition coefficient (Wildman–Crippen LogP) is 4.38. The largest absolute Gasteiger partial charge is 0.478 e. The number of ether oxygens (including phenoxy) is 1. The van der Waals surface area contributed by atoms with Crippen molar-refractivity contribution in [1.82, 2.24) is 4.98 Å². The number of nitrogens with zero attached hydrogens (tertiary/aromatic N) is 1. The van der Waals surface area contributed by atoms with Crippen LogP contribution >= 0.6 is 11.6 Å². The second kappa shape index (κ2) is 5.42. The SMILES string of the molecule is O=C(O)c1c(Cl)cccc1Oc1cnc2ccccc2c1. The van der Waals surface area contributed by atoms with Crippen molar-refractivity contribution in [3.8, 4) is 11.5 Å². The molecule has 21 heavy (non-hydrogen) atoms. The molecule has 0 radical (unpaired) electrons. The summed E-state index contributed by atoms with van der Waals surface area (Å²) in [5.41, 5.74) is 0.779. The number of hydrogen-bond acceptors (Lipinski definition) is 3. The Morgan fingerprint density at radius 2 is 1.95 bits per heavy atom. The maximum Gasteiger partial charge on any atom is 0.341 e. The summed E-state index contributed by atoms with van der Waals surface area (Å²) in [6, 6.07) is 14.1. The Morgan fingerprint density at radius 3 is 2.76 bits per heavy atom. The highest BCUT2D eigenvalue weighted by Gasteiger charge is 2.16. The van der Waals surface area contributed by atoms with Crippen LogP contribution in [0, 0.1) is 0 Å². The molecule has 4 nitrogen and oxygen atoms in total. The standard InChI is InChI=1S/C16H10ClNO3/c17-12-5-3-7-14(15(12)16(19)20)21-11-8-10-4-1-2-6-13(10)18-9-11/h1-9H,(H,19,20). The van der Waals surface area contributed by atoms with Gasteiger partial charge in [-0.05, 0) is 24.3 Å². The van der Waals surface area contributed by atoms with Gasteiger partial charge in [0.2, 0.25) is 0 Å². The fourth-order valence-corrected chi connectivity index (χ4v) is 2.28. The first kappa shape index (κ1) is 13.4. The van der Waals surface area contributed by atoms with E-state index in [0.29, 0.717) is 5.75 Å². The molecule has 0 aliphatic heterocycles. The summed E-state index contributed by atoms with van der Waals surface area (Å²) in [6.07, 6.45) is 1.55. The summed E-state index contributed by atoms with van der Waals surface area (Å²) >= 11 is 5.91. The highest BCUT2D eigenvalue weighted by molar-refractivity contribution is 6.33. The van der Waals surface area contributed by atoms with E-state index < -0.39 is 5.97 Å². The van der Waals surface area contributed by atoms with Gasteiger partial charge in [0.1, 0.15) is 17.1 Å². The zero-order valence-corrected chi connectivity index (χ0v) is 11.5. The number of pyridine rings is 1. The van der Waals surface area contributed by atoms with Gasteiger partial charge in [-0.3, -0.25) is 4.98 Å². The van der Waals surface area contributed by atoms with Crippen molar-refractivity contribution in [3.63, 3.8) is 0 Å². The minimum atomic E-state index is -1.13. The summed E-state index contributed by atoms with van der Waals surface area (Å²) < 4.78 is 5.63. The molecule has 0 aliphatic rings. The number of carboxylic acids is 1. The second-order valence-corrected chi connectivity index (χ2v) is 4.79. The van der Waals surface area contributed by atoms with Crippen molar-refractivity contribution in [3.05, 3.63) is 65.3 Å². The monoisotopic (exact) mass is 299 g/mol. The molecular weight excluding hydrogens is 290 g/mol. The number of para-hydroxylation sites is 1. The van der Waals surface area contributed by atoms with Crippen molar-refractivity contribution >= 4 is 28.5 Å². The maximum absolute atomic E-state index is 11.3. The van der Waals surface area contributed by atoms with E-state index >= 15 is 0 Å². The van der Waals surface area contributed by atoms with Gasteiger partial charge in [0.15, 0.2) is 0 Å². The van der Waals surface area contributed by atoms with Crippen molar-refractivity contribution < 1.29 is 14.6 Å². The Morgan fingerprint density at radius 1 is 1.14 bits per heavy atom. The molecule has 0 amide bonds. The Balaban J connectivity index is 2.02. The zero-order chi connectivity index (χ0) is 14.8. The van der Waals surface area contributed by atoms with Crippen LogP contribution in [0.2, 0.25) is 5.02 Å². The van der Waals surface area contributed by atoms with E-state index in [1.165, 1.54) is 6.07 Å². The highest BCUT2D eigenvalue weighted by atomic mass is 35.5. The smallest absolute Gasteiger partial charge is 0.341 e. The van der Waals surface area contributed by atoms with E-state index in [1.807, 2.05) is 24.3 Å². The van der Waals surface area contributed by atoms with Crippen molar-refractivity contribution in [2.24, 2.45) is 0 Å². The van der Waals surface area contributed by atoms with E-state index in [4.69, 9.17) is 16.3 Å². The van der Waals surface area contributed by atoms with Crippen LogP contribution in [0.25, 0.3) is 10.9 Å². The quantitative estimate of drug-likeness (QED) is 0.779. The molecule has 0 saturated heterocycles. The first-order chi connectivity index (χ1) is 10.1. The Hall–Kier alpha value is -2.59. The van der Waals surface area contributed by atoms with Gasteiger partial charge in [0, 0.05) is 5.39 Å². The summed E-state index contributed by atoms with van der Waals surface area (Å²) in [5, 5.41) is 10.3. The van der Waals surface area contributed by atoms with Crippen LogP contribution in [0.3, 0.4) is 0 Å². The maximum atomic E-state index is 11.3. The summed E-state index contributed by atoms with van der Waals surface area (Å²) in [4.78, 5) is 15.5. The lowest BCUT2D eigenvalue weighted by atomic mass is 10.2. The molecule has 0 atom stereocenters. The van der Waals surface area contributed by atoms with Crippen LogP contribution in [-0.2, 0) is 0 Å². The van der Waals surface area contributed by atoms with E-state index in [-0.39, 0.29) is 16.3 Å². The molecule has 0 aliphatic carbocycles. The topological polar surface area (TPSA) is 59.4 Å². The lowest BCUT2D eigenvalue weighted by molar-refractivity contribution is 0.0694. The number of benzene rings is 2. The van der Waals surface area contributed by atoms with Crippen LogP contribution in [0.4, 0.5) is 0 Å². The summed E-state index contributed by atoms with van der Waals surface area (Å²) in [5.74, 6) is -0.491. The molecule has 1 heterocycles. The lowest BCUT2D eigenvalue weighted by Gasteiger charge is -2.10. The fraction of sp³-hybridized carbons (Fsp3) is 0. The third-order valence-electron chi connectivity index (χ3n) is 2.98. The molecule has 0 unspecified atom stereocenters. The second-order valence-electron chi connectivity index (χ2n) is 4.38. The number of halogens is 1. The first-order valence-electron chi connectivity index (χ1n) is 6.19. The number of carbonyl (C=O) groups is 1. The molecular formula is C16H10ClNO3. The fourth-order valence-electron chi connectivity index (χ4n) is 2.03. The van der Waals surface area contributed by atoms with Gasteiger partial charge in [-0.15, -0.1) is 0 Å². The molecule has 0 bridgehead atoms. The molecule has 0 saturated carbocycles. The highest BCUT2D eigenvalue weighted by Crippen LogP contribution is 2.31. The molecule has 0 fully saturated rings. The Labute approximate surface area is 125 Å².